The van der Waals surface area contributed by atoms with Gasteiger partial charge in [0.2, 0.25) is 0 Å². The van der Waals surface area contributed by atoms with E-state index in [2.05, 4.69) is 11.8 Å². The molecule has 0 radical (unpaired) electrons. The van der Waals surface area contributed by atoms with Crippen molar-refractivity contribution < 1.29 is 28.9 Å². The zero-order valence-electron chi connectivity index (χ0n) is 19.7. The minimum atomic E-state index is -0.992. The van der Waals surface area contributed by atoms with Gasteiger partial charge >= 0.3 is 11.9 Å². The number of hydrogen-bond acceptors (Lipinski definition) is 7. The summed E-state index contributed by atoms with van der Waals surface area (Å²) in [6.45, 7) is 5.35. The molecule has 1 aromatic rings. The summed E-state index contributed by atoms with van der Waals surface area (Å²) in [5, 5.41) is 9.89. The molecule has 2 saturated heterocycles. The zero-order chi connectivity index (χ0) is 23.8. The summed E-state index contributed by atoms with van der Waals surface area (Å²) in [6.07, 6.45) is 3.63. The Hall–Kier alpha value is -2.87. The van der Waals surface area contributed by atoms with Crippen molar-refractivity contribution in [2.24, 2.45) is 16.8 Å². The first-order chi connectivity index (χ1) is 15.9. The molecule has 0 bridgehead atoms. The van der Waals surface area contributed by atoms with Crippen molar-refractivity contribution in [1.82, 2.24) is 4.90 Å². The second-order valence-electron chi connectivity index (χ2n) is 8.89. The van der Waals surface area contributed by atoms with Crippen LogP contribution in [0.1, 0.15) is 45.1 Å². The van der Waals surface area contributed by atoms with Gasteiger partial charge in [-0.2, -0.15) is 0 Å². The largest absolute Gasteiger partial charge is 0.504 e. The molecular formula is C25H32N2O6. The molecule has 2 fully saturated rings. The number of carboxylic acid groups (broad SMARTS) is 1. The summed E-state index contributed by atoms with van der Waals surface area (Å²) in [6, 6.07) is 5.52. The van der Waals surface area contributed by atoms with E-state index in [1.54, 1.807) is 14.0 Å². The van der Waals surface area contributed by atoms with Crippen molar-refractivity contribution in [3.8, 4) is 5.75 Å². The van der Waals surface area contributed by atoms with Gasteiger partial charge in [-0.05, 0) is 30.4 Å². The molecule has 8 heteroatoms. The standard InChI is InChI=1S/C25H32N2O6/c1-5-15-13-27-11-10-25(33-21(28)6-2)22-18(8-7-9-20(22)32-4)26-23(25)19(27)12-16(15)17(14-31-3)24(29)30/h7-9,14-16,19H,5-6,10-13H2,1-4H3,(H,29,30)/b17-14+/t15-,16+,19+,25+/m1/s1. The molecule has 8 nitrogen and oxygen atoms in total. The van der Waals surface area contributed by atoms with Crippen LogP contribution in [0.2, 0.25) is 0 Å². The van der Waals surface area contributed by atoms with E-state index in [0.29, 0.717) is 18.6 Å². The third-order valence-electron chi connectivity index (χ3n) is 7.30. The van der Waals surface area contributed by atoms with Gasteiger partial charge < -0.3 is 19.3 Å². The fraction of sp³-hybridized carbons (Fsp3) is 0.560. The van der Waals surface area contributed by atoms with Gasteiger partial charge in [0.15, 0.2) is 5.60 Å². The van der Waals surface area contributed by atoms with E-state index < -0.39 is 11.6 Å². The number of piperidine rings is 2. The quantitative estimate of drug-likeness (QED) is 0.380. The molecule has 0 amide bonds. The van der Waals surface area contributed by atoms with Crippen LogP contribution in [-0.2, 0) is 24.7 Å². The zero-order valence-corrected chi connectivity index (χ0v) is 19.7. The van der Waals surface area contributed by atoms with Crippen molar-refractivity contribution in [3.63, 3.8) is 0 Å². The minimum absolute atomic E-state index is 0.145. The molecule has 0 spiro atoms. The summed E-state index contributed by atoms with van der Waals surface area (Å²) in [7, 11) is 3.08. The number of rotatable bonds is 7. The van der Waals surface area contributed by atoms with E-state index in [1.165, 1.54) is 13.4 Å². The number of aliphatic imine (C=N–C) groups is 1. The second-order valence-corrected chi connectivity index (χ2v) is 8.89. The van der Waals surface area contributed by atoms with Crippen molar-refractivity contribution in [3.05, 3.63) is 35.6 Å². The normalized spacial score (nSPS) is 28.8. The monoisotopic (exact) mass is 456 g/mol. The summed E-state index contributed by atoms with van der Waals surface area (Å²) in [4.78, 5) is 32.0. The maximum absolute atomic E-state index is 12.6. The van der Waals surface area contributed by atoms with Crippen LogP contribution in [0.3, 0.4) is 0 Å². The number of carboxylic acids is 1. The molecule has 0 aromatic heterocycles. The summed E-state index contributed by atoms with van der Waals surface area (Å²) < 4.78 is 17.0. The number of carbonyl (C=O) groups is 2. The predicted molar refractivity (Wildman–Crippen MR) is 123 cm³/mol. The fourth-order valence-electron chi connectivity index (χ4n) is 5.74. The Morgan fingerprint density at radius 2 is 2.09 bits per heavy atom. The molecule has 0 saturated carbocycles. The molecule has 1 N–H and O–H groups in total. The molecule has 178 valence electrons. The minimum Gasteiger partial charge on any atom is -0.504 e. The first kappa shape index (κ1) is 23.3. The molecule has 1 aromatic carbocycles. The number of methoxy groups -OCH3 is 2. The van der Waals surface area contributed by atoms with Gasteiger partial charge in [0.1, 0.15) is 5.75 Å². The van der Waals surface area contributed by atoms with Crippen molar-refractivity contribution in [2.45, 2.75) is 51.2 Å². The first-order valence-electron chi connectivity index (χ1n) is 11.6. The van der Waals surface area contributed by atoms with E-state index in [1.807, 2.05) is 18.2 Å². The third kappa shape index (κ3) is 3.80. The highest BCUT2D eigenvalue weighted by Crippen LogP contribution is 2.53. The average molecular weight is 457 g/mol. The lowest BCUT2D eigenvalue weighted by Gasteiger charge is -2.51. The van der Waals surface area contributed by atoms with E-state index in [4.69, 9.17) is 19.2 Å². The van der Waals surface area contributed by atoms with Crippen LogP contribution in [0.25, 0.3) is 0 Å². The number of carbonyl (C=O) groups excluding carboxylic acids is 1. The summed E-state index contributed by atoms with van der Waals surface area (Å²) >= 11 is 0. The number of esters is 1. The number of hydrogen-bond donors (Lipinski definition) is 1. The molecule has 4 rings (SSSR count). The van der Waals surface area contributed by atoms with E-state index in [9.17, 15) is 14.7 Å². The Kier molecular flexibility index (Phi) is 6.47. The van der Waals surface area contributed by atoms with Gasteiger partial charge in [0.25, 0.3) is 0 Å². The van der Waals surface area contributed by atoms with Crippen molar-refractivity contribution in [2.75, 3.05) is 27.3 Å². The Labute approximate surface area is 194 Å². The fourth-order valence-corrected chi connectivity index (χ4v) is 5.74. The smallest absolute Gasteiger partial charge is 0.334 e. The molecule has 33 heavy (non-hydrogen) atoms. The topological polar surface area (TPSA) is 97.7 Å². The number of ether oxygens (including phenoxy) is 3. The number of fused-ring (bicyclic) bond motifs is 5. The second kappa shape index (κ2) is 9.17. The molecule has 0 aliphatic carbocycles. The highest BCUT2D eigenvalue weighted by Gasteiger charge is 2.57. The van der Waals surface area contributed by atoms with Gasteiger partial charge in [-0.25, -0.2) is 4.79 Å². The van der Waals surface area contributed by atoms with Crippen LogP contribution in [0.4, 0.5) is 5.69 Å². The third-order valence-corrected chi connectivity index (χ3v) is 7.30. The lowest BCUT2D eigenvalue weighted by atomic mass is 9.70. The Bertz CT molecular complexity index is 1000. The van der Waals surface area contributed by atoms with Crippen molar-refractivity contribution >= 4 is 23.3 Å². The molecular weight excluding hydrogens is 424 g/mol. The Balaban J connectivity index is 1.80. The SMILES string of the molecule is CCC(=O)O[C@]12CCN3C[C@@H](CC)[C@@H](/C(=C\OC)C(=O)O)C[C@H]3C1=Nc1cccc(OC)c12. The maximum Gasteiger partial charge on any atom is 0.334 e. The van der Waals surface area contributed by atoms with Crippen LogP contribution in [0.15, 0.2) is 35.0 Å². The number of aliphatic carboxylic acids is 1. The molecule has 3 aliphatic rings. The predicted octanol–water partition coefficient (Wildman–Crippen LogP) is 3.67. The lowest BCUT2D eigenvalue weighted by Crippen LogP contribution is -2.61. The van der Waals surface area contributed by atoms with Crippen LogP contribution in [-0.4, -0.2) is 61.0 Å². The average Bonchev–Trinajstić information content (AvgIpc) is 3.16. The van der Waals surface area contributed by atoms with Crippen LogP contribution in [0.5, 0.6) is 5.75 Å². The molecule has 4 atom stereocenters. The van der Waals surface area contributed by atoms with Gasteiger partial charge in [0.05, 0.1) is 49.1 Å². The van der Waals surface area contributed by atoms with Gasteiger partial charge in [-0.1, -0.05) is 26.3 Å². The number of benzene rings is 1. The van der Waals surface area contributed by atoms with E-state index >= 15 is 0 Å². The Morgan fingerprint density at radius 1 is 1.30 bits per heavy atom. The first-order valence-corrected chi connectivity index (χ1v) is 11.6. The molecule has 3 aliphatic heterocycles. The molecule has 3 heterocycles. The highest BCUT2D eigenvalue weighted by molar-refractivity contribution is 6.06. The van der Waals surface area contributed by atoms with Gasteiger partial charge in [0, 0.05) is 25.9 Å². The lowest BCUT2D eigenvalue weighted by molar-refractivity contribution is -0.156. The molecule has 0 unspecified atom stereocenters. The van der Waals surface area contributed by atoms with Gasteiger partial charge in [-0.3, -0.25) is 14.7 Å². The van der Waals surface area contributed by atoms with Crippen molar-refractivity contribution in [1.29, 1.82) is 0 Å². The summed E-state index contributed by atoms with van der Waals surface area (Å²) in [5.41, 5.74) is 1.60. The van der Waals surface area contributed by atoms with Crippen LogP contribution in [0, 0.1) is 11.8 Å². The van der Waals surface area contributed by atoms with E-state index in [0.717, 1.165) is 36.5 Å². The van der Waals surface area contributed by atoms with Gasteiger partial charge in [-0.15, -0.1) is 0 Å². The number of nitrogens with zero attached hydrogens (tertiary/aromatic N) is 2. The highest BCUT2D eigenvalue weighted by atomic mass is 16.6. The van der Waals surface area contributed by atoms with E-state index in [-0.39, 0.29) is 35.8 Å². The maximum atomic E-state index is 12.6. The summed E-state index contributed by atoms with van der Waals surface area (Å²) in [5.74, 6) is -0.623. The Morgan fingerprint density at radius 3 is 2.73 bits per heavy atom. The van der Waals surface area contributed by atoms with Crippen LogP contribution >= 0.6 is 0 Å². The van der Waals surface area contributed by atoms with Crippen LogP contribution < -0.4 is 4.74 Å².